The van der Waals surface area contributed by atoms with Crippen molar-refractivity contribution in [3.05, 3.63) is 52.0 Å². The van der Waals surface area contributed by atoms with Crippen LogP contribution in [-0.4, -0.2) is 45.4 Å². The van der Waals surface area contributed by atoms with Crippen LogP contribution in [0.25, 0.3) is 10.6 Å². The summed E-state index contributed by atoms with van der Waals surface area (Å²) in [5.74, 6) is -3.06. The van der Waals surface area contributed by atoms with Gasteiger partial charge in [0.1, 0.15) is 6.04 Å². The Hall–Kier alpha value is -2.79. The summed E-state index contributed by atoms with van der Waals surface area (Å²) < 4.78 is 39.6. The lowest BCUT2D eigenvalue weighted by molar-refractivity contribution is -0.186. The molecule has 1 N–H and O–H groups in total. The number of nitrogens with one attached hydrogen (secondary N) is 1. The Morgan fingerprint density at radius 2 is 1.88 bits per heavy atom. The first kappa shape index (κ1) is 22.4. The largest absolute Gasteiger partial charge is 0.471 e. The number of alkyl halides is 3. The van der Waals surface area contributed by atoms with Crippen LogP contribution in [0, 0.1) is 13.8 Å². The van der Waals surface area contributed by atoms with Crippen molar-refractivity contribution >= 4 is 39.6 Å². The van der Waals surface area contributed by atoms with E-state index in [0.717, 1.165) is 21.1 Å². The Kier molecular flexibility index (Phi) is 6.04. The van der Waals surface area contributed by atoms with Crippen molar-refractivity contribution in [2.24, 2.45) is 0 Å². The Morgan fingerprint density at radius 1 is 1.16 bits per heavy atom. The number of likely N-dealkylation sites (tertiary alicyclic amines) is 1. The first-order valence-corrected chi connectivity index (χ1v) is 11.5. The lowest BCUT2D eigenvalue weighted by atomic mass is 9.96. The van der Waals surface area contributed by atoms with Crippen molar-refractivity contribution in [3.63, 3.8) is 0 Å². The van der Waals surface area contributed by atoms with Crippen LogP contribution < -0.4 is 5.32 Å². The van der Waals surface area contributed by atoms with E-state index >= 15 is 0 Å². The number of anilines is 1. The maximum atomic E-state index is 13.2. The number of carbonyl (C=O) groups excluding carboxylic acids is 2. The molecule has 32 heavy (non-hydrogen) atoms. The van der Waals surface area contributed by atoms with Crippen molar-refractivity contribution in [1.82, 2.24) is 14.9 Å². The predicted octanol–water partition coefficient (Wildman–Crippen LogP) is 4.77. The summed E-state index contributed by atoms with van der Waals surface area (Å²) >= 11 is 2.64. The second kappa shape index (κ2) is 8.62. The third-order valence-electron chi connectivity index (χ3n) is 5.25. The summed E-state index contributed by atoms with van der Waals surface area (Å²) in [7, 11) is 0. The summed E-state index contributed by atoms with van der Waals surface area (Å²) in [4.78, 5) is 35.2. The van der Waals surface area contributed by atoms with Crippen LogP contribution in [0.3, 0.4) is 0 Å². The number of benzene rings is 1. The SMILES string of the molecule is Cc1nc(C)c(-c2csc(NC(=O)[C@@H]3C[C@@H](c4ccccc4)CN3C(=O)C(F)(F)F)n2)s1. The third kappa shape index (κ3) is 4.53. The van der Waals surface area contributed by atoms with Crippen molar-refractivity contribution in [1.29, 1.82) is 0 Å². The van der Waals surface area contributed by atoms with Gasteiger partial charge in [0, 0.05) is 17.8 Å². The maximum absolute atomic E-state index is 13.2. The predicted molar refractivity (Wildman–Crippen MR) is 117 cm³/mol. The highest BCUT2D eigenvalue weighted by molar-refractivity contribution is 7.16. The Bertz CT molecular complexity index is 1140. The van der Waals surface area contributed by atoms with Crippen LogP contribution in [0.1, 0.15) is 28.6 Å². The quantitative estimate of drug-likeness (QED) is 0.584. The van der Waals surface area contributed by atoms with Gasteiger partial charge in [0.05, 0.1) is 21.3 Å². The molecule has 1 aromatic carbocycles. The van der Waals surface area contributed by atoms with E-state index in [9.17, 15) is 22.8 Å². The van der Waals surface area contributed by atoms with E-state index in [-0.39, 0.29) is 24.0 Å². The first-order valence-electron chi connectivity index (χ1n) is 9.77. The smallest absolute Gasteiger partial charge is 0.322 e. The van der Waals surface area contributed by atoms with Crippen LogP contribution in [-0.2, 0) is 9.59 Å². The Balaban J connectivity index is 1.55. The Morgan fingerprint density at radius 3 is 2.50 bits per heavy atom. The van der Waals surface area contributed by atoms with E-state index in [4.69, 9.17) is 0 Å². The molecular weight excluding hydrogens is 461 g/mol. The molecule has 0 spiro atoms. The molecule has 1 aliphatic heterocycles. The third-order valence-corrected chi connectivity index (χ3v) is 7.10. The van der Waals surface area contributed by atoms with E-state index in [2.05, 4.69) is 15.3 Å². The Labute approximate surface area is 190 Å². The van der Waals surface area contributed by atoms with Crippen molar-refractivity contribution in [2.75, 3.05) is 11.9 Å². The topological polar surface area (TPSA) is 75.2 Å². The fourth-order valence-corrected chi connectivity index (χ4v) is 5.49. The molecular formula is C21H19F3N4O2S2. The highest BCUT2D eigenvalue weighted by atomic mass is 32.1. The molecule has 4 rings (SSSR count). The van der Waals surface area contributed by atoms with Crippen LogP contribution in [0.2, 0.25) is 0 Å². The second-order valence-electron chi connectivity index (χ2n) is 7.49. The molecule has 6 nitrogen and oxygen atoms in total. The molecule has 0 unspecified atom stereocenters. The number of hydrogen-bond donors (Lipinski definition) is 1. The average molecular weight is 481 g/mol. The molecule has 168 valence electrons. The van der Waals surface area contributed by atoms with E-state index in [1.54, 1.807) is 35.7 Å². The van der Waals surface area contributed by atoms with E-state index in [0.29, 0.717) is 10.6 Å². The summed E-state index contributed by atoms with van der Waals surface area (Å²) in [6.07, 6.45) is -4.96. The van der Waals surface area contributed by atoms with Crippen molar-refractivity contribution in [3.8, 4) is 10.6 Å². The lowest BCUT2D eigenvalue weighted by Gasteiger charge is -2.24. The molecule has 11 heteroatoms. The number of aromatic nitrogens is 2. The minimum atomic E-state index is -5.06. The van der Waals surface area contributed by atoms with Gasteiger partial charge in [-0.05, 0) is 25.8 Å². The fraction of sp³-hybridized carbons (Fsp3) is 0.333. The average Bonchev–Trinajstić information content (AvgIpc) is 3.45. The summed E-state index contributed by atoms with van der Waals surface area (Å²) in [6.45, 7) is 3.56. The molecule has 3 aromatic rings. The number of aryl methyl sites for hydroxylation is 2. The molecule has 1 fully saturated rings. The minimum Gasteiger partial charge on any atom is -0.322 e. The summed E-state index contributed by atoms with van der Waals surface area (Å²) in [6, 6.07) is 7.68. The normalized spacial score (nSPS) is 18.7. The van der Waals surface area contributed by atoms with Crippen LogP contribution in [0.4, 0.5) is 18.3 Å². The monoisotopic (exact) mass is 480 g/mol. The van der Waals surface area contributed by atoms with Crippen molar-refractivity contribution in [2.45, 2.75) is 38.4 Å². The van der Waals surface area contributed by atoms with Gasteiger partial charge in [-0.3, -0.25) is 9.59 Å². The number of nitrogens with zero attached hydrogens (tertiary/aromatic N) is 3. The molecule has 2 aromatic heterocycles. The number of thiazole rings is 2. The maximum Gasteiger partial charge on any atom is 0.471 e. The summed E-state index contributed by atoms with van der Waals surface area (Å²) in [5, 5.41) is 5.51. The zero-order valence-corrected chi connectivity index (χ0v) is 18.8. The number of halogens is 3. The molecule has 2 atom stereocenters. The van der Waals surface area contributed by atoms with Gasteiger partial charge < -0.3 is 10.2 Å². The molecule has 0 radical (unpaired) electrons. The van der Waals surface area contributed by atoms with Crippen molar-refractivity contribution < 1.29 is 22.8 Å². The van der Waals surface area contributed by atoms with Crippen LogP contribution in [0.15, 0.2) is 35.7 Å². The van der Waals surface area contributed by atoms with Gasteiger partial charge in [-0.1, -0.05) is 30.3 Å². The van der Waals surface area contributed by atoms with Gasteiger partial charge >= 0.3 is 12.1 Å². The van der Waals surface area contributed by atoms with Gasteiger partial charge in [-0.25, -0.2) is 9.97 Å². The van der Waals surface area contributed by atoms with Gasteiger partial charge in [0.25, 0.3) is 0 Å². The fourth-order valence-electron chi connectivity index (χ4n) is 3.83. The second-order valence-corrected chi connectivity index (χ2v) is 9.55. The van der Waals surface area contributed by atoms with E-state index in [1.807, 2.05) is 13.8 Å². The van der Waals surface area contributed by atoms with E-state index in [1.165, 1.54) is 22.7 Å². The number of carbonyl (C=O) groups is 2. The number of amides is 2. The first-order chi connectivity index (χ1) is 15.1. The highest BCUT2D eigenvalue weighted by Gasteiger charge is 2.50. The number of rotatable bonds is 4. The van der Waals surface area contributed by atoms with Gasteiger partial charge in [0.2, 0.25) is 5.91 Å². The summed E-state index contributed by atoms with van der Waals surface area (Å²) in [5.41, 5.74) is 2.25. The molecule has 0 bridgehead atoms. The van der Waals surface area contributed by atoms with E-state index < -0.39 is 24.0 Å². The zero-order valence-electron chi connectivity index (χ0n) is 17.1. The molecule has 0 aliphatic carbocycles. The van der Waals surface area contributed by atoms with Crippen LogP contribution >= 0.6 is 22.7 Å². The molecule has 2 amide bonds. The molecule has 3 heterocycles. The molecule has 0 saturated carbocycles. The number of hydrogen-bond acceptors (Lipinski definition) is 6. The minimum absolute atomic E-state index is 0.100. The van der Waals surface area contributed by atoms with Gasteiger partial charge in [-0.2, -0.15) is 13.2 Å². The lowest BCUT2D eigenvalue weighted by Crippen LogP contribution is -2.48. The van der Waals surface area contributed by atoms with Gasteiger partial charge in [0.15, 0.2) is 5.13 Å². The van der Waals surface area contributed by atoms with Gasteiger partial charge in [-0.15, -0.1) is 22.7 Å². The van der Waals surface area contributed by atoms with Crippen LogP contribution in [0.5, 0.6) is 0 Å². The molecule has 1 aliphatic rings. The standard InChI is InChI=1S/C21H19F3N4O2S2/c1-11-17(32-12(2)25-11)15-10-31-20(26-15)27-18(29)16-8-14(13-6-4-3-5-7-13)9-28(16)19(30)21(22,23)24/h3-7,10,14,16H,8-9H2,1-2H3,(H,26,27,29)/t14-,16+/m1/s1. The zero-order chi connectivity index (χ0) is 23.0. The molecule has 1 saturated heterocycles. The highest BCUT2D eigenvalue weighted by Crippen LogP contribution is 2.36.